The number of piperidine rings is 1. The Balaban J connectivity index is 1.66. The van der Waals surface area contributed by atoms with Crippen molar-refractivity contribution in [2.24, 2.45) is 11.3 Å². The second-order valence-corrected chi connectivity index (χ2v) is 6.40. The molecule has 3 aliphatic rings. The molecule has 0 spiro atoms. The van der Waals surface area contributed by atoms with E-state index in [-0.39, 0.29) is 18.1 Å². The number of rotatable bonds is 4. The van der Waals surface area contributed by atoms with E-state index >= 15 is 0 Å². The lowest BCUT2D eigenvalue weighted by molar-refractivity contribution is -0.142. The first-order valence-corrected chi connectivity index (χ1v) is 7.65. The van der Waals surface area contributed by atoms with Crippen molar-refractivity contribution in [3.05, 3.63) is 12.7 Å². The maximum atomic E-state index is 12.8. The van der Waals surface area contributed by atoms with Gasteiger partial charge in [0.2, 0.25) is 5.91 Å². The first kappa shape index (κ1) is 13.6. The molecule has 108 valence electrons. The zero-order valence-electron chi connectivity index (χ0n) is 11.9. The van der Waals surface area contributed by atoms with E-state index in [4.69, 9.17) is 4.74 Å². The van der Waals surface area contributed by atoms with Crippen LogP contribution < -0.4 is 0 Å². The van der Waals surface area contributed by atoms with Crippen LogP contribution in [-0.4, -0.2) is 36.1 Å². The predicted molar refractivity (Wildman–Crippen MR) is 74.7 cm³/mol. The monoisotopic (exact) mass is 274 g/mol. The summed E-state index contributed by atoms with van der Waals surface area (Å²) in [5.41, 5.74) is -0.720. The molecule has 0 N–H and O–H groups in total. The van der Waals surface area contributed by atoms with E-state index in [2.05, 4.69) is 12.6 Å². The van der Waals surface area contributed by atoms with E-state index < -0.39 is 5.41 Å². The Labute approximate surface area is 120 Å². The summed E-state index contributed by atoms with van der Waals surface area (Å²) in [5, 5.41) is 9.45. The minimum absolute atomic E-state index is 0.0900. The molecule has 0 aromatic carbocycles. The molecule has 3 fully saturated rings. The number of likely N-dealkylation sites (tertiary alicyclic amines) is 1. The molecule has 3 atom stereocenters. The number of ether oxygens (including phenoxy) is 1. The summed E-state index contributed by atoms with van der Waals surface area (Å²) >= 11 is 0. The Bertz CT molecular complexity index is 448. The standard InChI is InChI=1S/C16H22N2O2/c1-2-7-20-14-9-13-8-12(14)10-18(13)15(19)16(11-17)5-3-4-6-16/h2,12-14H,1,3-10H2. The van der Waals surface area contributed by atoms with Crippen molar-refractivity contribution in [2.75, 3.05) is 13.2 Å². The first-order valence-electron chi connectivity index (χ1n) is 7.65. The van der Waals surface area contributed by atoms with Crippen molar-refractivity contribution in [2.45, 2.75) is 50.7 Å². The molecule has 2 bridgehead atoms. The third-order valence-electron chi connectivity index (χ3n) is 5.25. The summed E-state index contributed by atoms with van der Waals surface area (Å²) in [6, 6.07) is 2.61. The lowest BCUT2D eigenvalue weighted by Crippen LogP contribution is -2.48. The van der Waals surface area contributed by atoms with Crippen LogP contribution in [0, 0.1) is 22.7 Å². The molecular formula is C16H22N2O2. The highest BCUT2D eigenvalue weighted by Crippen LogP contribution is 2.45. The van der Waals surface area contributed by atoms with Crippen LogP contribution in [0.3, 0.4) is 0 Å². The quantitative estimate of drug-likeness (QED) is 0.739. The number of hydrogen-bond acceptors (Lipinski definition) is 3. The van der Waals surface area contributed by atoms with Gasteiger partial charge >= 0.3 is 0 Å². The van der Waals surface area contributed by atoms with Gasteiger partial charge < -0.3 is 9.64 Å². The van der Waals surface area contributed by atoms with E-state index in [9.17, 15) is 10.1 Å². The maximum Gasteiger partial charge on any atom is 0.243 e. The van der Waals surface area contributed by atoms with Gasteiger partial charge in [-0.15, -0.1) is 6.58 Å². The van der Waals surface area contributed by atoms with Gasteiger partial charge in [0.25, 0.3) is 0 Å². The van der Waals surface area contributed by atoms with E-state index in [1.54, 1.807) is 6.08 Å². The highest BCUT2D eigenvalue weighted by atomic mass is 16.5. The zero-order chi connectivity index (χ0) is 14.2. The molecular weight excluding hydrogens is 252 g/mol. The lowest BCUT2D eigenvalue weighted by atomic mass is 9.85. The summed E-state index contributed by atoms with van der Waals surface area (Å²) in [5.74, 6) is 0.535. The van der Waals surface area contributed by atoms with Crippen LogP contribution in [0.1, 0.15) is 38.5 Å². The van der Waals surface area contributed by atoms with E-state index in [0.717, 1.165) is 45.1 Å². The Morgan fingerprint density at radius 3 is 2.75 bits per heavy atom. The van der Waals surface area contributed by atoms with Gasteiger partial charge in [0.1, 0.15) is 5.41 Å². The fourth-order valence-corrected chi connectivity index (χ4v) is 4.18. The second kappa shape index (κ2) is 5.21. The number of carbonyl (C=O) groups excluding carboxylic acids is 1. The van der Waals surface area contributed by atoms with Crippen molar-refractivity contribution in [1.29, 1.82) is 5.26 Å². The number of hydrogen-bond donors (Lipinski definition) is 0. The SMILES string of the molecule is C=CCOC1CC2CC1CN2C(=O)C1(C#N)CCCC1. The van der Waals surface area contributed by atoms with Crippen LogP contribution in [0.2, 0.25) is 0 Å². The maximum absolute atomic E-state index is 12.8. The first-order chi connectivity index (χ1) is 9.70. The molecule has 1 amide bonds. The second-order valence-electron chi connectivity index (χ2n) is 6.40. The third-order valence-corrected chi connectivity index (χ3v) is 5.25. The molecule has 1 aliphatic heterocycles. The Morgan fingerprint density at radius 2 is 2.20 bits per heavy atom. The summed E-state index contributed by atoms with van der Waals surface area (Å²) in [6.45, 7) is 5.03. The molecule has 3 rings (SSSR count). The third kappa shape index (κ3) is 2.05. The Kier molecular flexibility index (Phi) is 3.55. The van der Waals surface area contributed by atoms with Crippen LogP contribution in [0.4, 0.5) is 0 Å². The fourth-order valence-electron chi connectivity index (χ4n) is 4.18. The van der Waals surface area contributed by atoms with Gasteiger partial charge in [-0.05, 0) is 25.7 Å². The van der Waals surface area contributed by atoms with Crippen LogP contribution in [0.15, 0.2) is 12.7 Å². The van der Waals surface area contributed by atoms with E-state index in [0.29, 0.717) is 12.5 Å². The summed E-state index contributed by atoms with van der Waals surface area (Å²) in [4.78, 5) is 14.7. The topological polar surface area (TPSA) is 53.3 Å². The number of carbonyl (C=O) groups is 1. The minimum Gasteiger partial charge on any atom is -0.374 e. The van der Waals surface area contributed by atoms with E-state index in [1.807, 2.05) is 4.90 Å². The number of nitriles is 1. The molecule has 0 aromatic rings. The van der Waals surface area contributed by atoms with Gasteiger partial charge in [0.15, 0.2) is 0 Å². The highest BCUT2D eigenvalue weighted by Gasteiger charge is 2.52. The predicted octanol–water partition coefficient (Wildman–Crippen LogP) is 2.26. The molecule has 1 heterocycles. The van der Waals surface area contributed by atoms with Crippen molar-refractivity contribution < 1.29 is 9.53 Å². The van der Waals surface area contributed by atoms with Gasteiger partial charge in [-0.3, -0.25) is 4.79 Å². The molecule has 4 heteroatoms. The van der Waals surface area contributed by atoms with Gasteiger partial charge in [-0.2, -0.15) is 5.26 Å². The Morgan fingerprint density at radius 1 is 1.45 bits per heavy atom. The molecule has 0 radical (unpaired) electrons. The number of fused-ring (bicyclic) bond motifs is 2. The Hall–Kier alpha value is -1.34. The van der Waals surface area contributed by atoms with Gasteiger partial charge in [-0.1, -0.05) is 18.9 Å². The lowest BCUT2D eigenvalue weighted by Gasteiger charge is -2.35. The van der Waals surface area contributed by atoms with Gasteiger partial charge in [-0.25, -0.2) is 0 Å². The average molecular weight is 274 g/mol. The van der Waals surface area contributed by atoms with Gasteiger partial charge in [0, 0.05) is 18.5 Å². The molecule has 4 nitrogen and oxygen atoms in total. The average Bonchev–Trinajstić information content (AvgIpc) is 3.18. The molecule has 1 saturated heterocycles. The van der Waals surface area contributed by atoms with Crippen molar-refractivity contribution >= 4 is 5.91 Å². The van der Waals surface area contributed by atoms with Crippen LogP contribution in [0.5, 0.6) is 0 Å². The fraction of sp³-hybridized carbons (Fsp3) is 0.750. The number of nitrogens with zero attached hydrogens (tertiary/aromatic N) is 2. The van der Waals surface area contributed by atoms with Crippen molar-refractivity contribution in [1.82, 2.24) is 4.90 Å². The van der Waals surface area contributed by atoms with E-state index in [1.165, 1.54) is 0 Å². The van der Waals surface area contributed by atoms with Gasteiger partial charge in [0.05, 0.1) is 18.8 Å². The largest absolute Gasteiger partial charge is 0.374 e. The smallest absolute Gasteiger partial charge is 0.243 e. The molecule has 3 unspecified atom stereocenters. The van der Waals surface area contributed by atoms with Crippen molar-refractivity contribution in [3.63, 3.8) is 0 Å². The van der Waals surface area contributed by atoms with Crippen LogP contribution in [0.25, 0.3) is 0 Å². The summed E-state index contributed by atoms with van der Waals surface area (Å²) in [6.07, 6.45) is 7.50. The molecule has 20 heavy (non-hydrogen) atoms. The highest BCUT2D eigenvalue weighted by molar-refractivity contribution is 5.86. The molecule has 2 saturated carbocycles. The summed E-state index contributed by atoms with van der Waals surface area (Å²) in [7, 11) is 0. The zero-order valence-corrected chi connectivity index (χ0v) is 11.9. The molecule has 0 aromatic heterocycles. The normalized spacial score (nSPS) is 34.1. The van der Waals surface area contributed by atoms with Crippen molar-refractivity contribution in [3.8, 4) is 6.07 Å². The van der Waals surface area contributed by atoms with Crippen LogP contribution in [-0.2, 0) is 9.53 Å². The minimum atomic E-state index is -0.720. The van der Waals surface area contributed by atoms with Crippen LogP contribution >= 0.6 is 0 Å². The number of amides is 1. The molecule has 2 aliphatic carbocycles. The summed E-state index contributed by atoms with van der Waals surface area (Å²) < 4.78 is 5.77.